The van der Waals surface area contributed by atoms with Crippen LogP contribution >= 0.6 is 0 Å². The van der Waals surface area contributed by atoms with Crippen molar-refractivity contribution in [2.75, 3.05) is 9.80 Å². The summed E-state index contributed by atoms with van der Waals surface area (Å²) in [6.07, 6.45) is 0. The van der Waals surface area contributed by atoms with Gasteiger partial charge in [-0.25, -0.2) is 0 Å². The number of hydrogen-bond acceptors (Lipinski definition) is 2. The Labute approximate surface area is 340 Å². The number of para-hydroxylation sites is 2. The molecule has 7 aromatic carbocycles. The van der Waals surface area contributed by atoms with Crippen LogP contribution in [0.1, 0.15) is 78.0 Å². The van der Waals surface area contributed by atoms with Crippen molar-refractivity contribution in [3.8, 4) is 0 Å². The second kappa shape index (κ2) is 12.7. The second-order valence-electron chi connectivity index (χ2n) is 18.8. The van der Waals surface area contributed by atoms with E-state index in [0.717, 1.165) is 0 Å². The maximum atomic E-state index is 2.68. The third kappa shape index (κ3) is 5.22. The van der Waals surface area contributed by atoms with Crippen LogP contribution < -0.4 is 46.9 Å². The number of nitrogens with zero attached hydrogens (tertiary/aromatic N) is 2. The molecule has 0 amide bonds. The van der Waals surface area contributed by atoms with Crippen molar-refractivity contribution >= 4 is 86.0 Å². The van der Waals surface area contributed by atoms with E-state index in [1.54, 1.807) is 0 Å². The monoisotopic (exact) mass is 754 g/mol. The smallest absolute Gasteiger partial charge is 0.252 e. The quantitative estimate of drug-likeness (QED) is 0.166. The normalized spacial score (nSPS) is 14.9. The average molecular weight is 755 g/mol. The number of anilines is 6. The summed E-state index contributed by atoms with van der Waals surface area (Å²) in [6.45, 7) is 18.7. The fourth-order valence-electron chi connectivity index (χ4n) is 10.1. The lowest BCUT2D eigenvalue weighted by Crippen LogP contribution is -2.79. The molecule has 0 N–H and O–H groups in total. The Morgan fingerprint density at radius 3 is 1.67 bits per heavy atom. The van der Waals surface area contributed by atoms with E-state index < -0.39 is 8.07 Å². The lowest BCUT2D eigenvalue weighted by Gasteiger charge is -2.51. The molecule has 0 saturated heterocycles. The van der Waals surface area contributed by atoms with Crippen LogP contribution in [-0.2, 0) is 10.8 Å². The average Bonchev–Trinajstić information content (AvgIpc) is 3.21. The van der Waals surface area contributed by atoms with Crippen molar-refractivity contribution in [2.24, 2.45) is 0 Å². The molecule has 7 aromatic rings. The van der Waals surface area contributed by atoms with Gasteiger partial charge in [0.2, 0.25) is 0 Å². The fourth-order valence-corrected chi connectivity index (χ4v) is 15.2. The summed E-state index contributed by atoms with van der Waals surface area (Å²) in [5.41, 5.74) is 15.9. The zero-order valence-electron chi connectivity index (χ0n) is 34.6. The molecular formula is C53H51BN2Si. The first kappa shape index (κ1) is 35.8. The van der Waals surface area contributed by atoms with E-state index in [2.05, 4.69) is 223 Å². The van der Waals surface area contributed by atoms with Crippen LogP contribution in [0, 0.1) is 0 Å². The maximum absolute atomic E-state index is 2.80. The Morgan fingerprint density at radius 1 is 0.474 bits per heavy atom. The van der Waals surface area contributed by atoms with Gasteiger partial charge in [-0.3, -0.25) is 0 Å². The van der Waals surface area contributed by atoms with Gasteiger partial charge in [0, 0.05) is 34.1 Å². The molecule has 4 heteroatoms. The van der Waals surface area contributed by atoms with E-state index >= 15 is 0 Å². The van der Waals surface area contributed by atoms with E-state index in [-0.39, 0.29) is 17.5 Å². The Bertz CT molecular complexity index is 2650. The lowest BCUT2D eigenvalue weighted by atomic mass is 9.33. The SMILES string of the molecule is CC(C)c1ccc2c(c1)N(c1ccc(C(C)(C)C)cc1)c1cc(C(C)(C)C)cc3c1B2c1cccc2c1N3c1ccccc1[Si]2(c1ccccc1)c1ccccc1. The summed E-state index contributed by atoms with van der Waals surface area (Å²) >= 11 is 0. The molecule has 0 atom stereocenters. The van der Waals surface area contributed by atoms with Crippen LogP contribution in [0.3, 0.4) is 0 Å². The molecule has 280 valence electrons. The highest BCUT2D eigenvalue weighted by Crippen LogP contribution is 2.47. The zero-order valence-corrected chi connectivity index (χ0v) is 35.6. The van der Waals surface area contributed by atoms with Crippen LogP contribution in [0.15, 0.2) is 158 Å². The summed E-state index contributed by atoms with van der Waals surface area (Å²) in [4.78, 5) is 5.27. The highest BCUT2D eigenvalue weighted by molar-refractivity contribution is 7.22. The van der Waals surface area contributed by atoms with Gasteiger partial charge in [0.25, 0.3) is 6.71 Å². The van der Waals surface area contributed by atoms with Gasteiger partial charge in [-0.2, -0.15) is 0 Å². The van der Waals surface area contributed by atoms with Crippen LogP contribution in [0.4, 0.5) is 34.1 Å². The van der Waals surface area contributed by atoms with E-state index in [1.165, 1.54) is 87.9 Å². The first-order valence-electron chi connectivity index (χ1n) is 20.8. The Kier molecular flexibility index (Phi) is 7.99. The van der Waals surface area contributed by atoms with Gasteiger partial charge in [-0.15, -0.1) is 0 Å². The minimum Gasteiger partial charge on any atom is -0.312 e. The first-order chi connectivity index (χ1) is 27.4. The lowest BCUT2D eigenvalue weighted by molar-refractivity contribution is 0.590. The summed E-state index contributed by atoms with van der Waals surface area (Å²) in [5, 5.41) is 5.74. The van der Waals surface area contributed by atoms with Crippen molar-refractivity contribution in [3.63, 3.8) is 0 Å². The second-order valence-corrected chi connectivity index (χ2v) is 22.5. The molecule has 0 radical (unpaired) electrons. The van der Waals surface area contributed by atoms with Crippen molar-refractivity contribution < 1.29 is 0 Å². The van der Waals surface area contributed by atoms with Crippen LogP contribution in [-0.4, -0.2) is 14.8 Å². The summed E-state index contributed by atoms with van der Waals surface area (Å²) in [6, 6.07) is 61.3. The molecule has 3 aliphatic heterocycles. The largest absolute Gasteiger partial charge is 0.312 e. The van der Waals surface area contributed by atoms with Gasteiger partial charge in [0.15, 0.2) is 8.07 Å². The fraction of sp³-hybridized carbons (Fsp3) is 0.208. The molecule has 0 bridgehead atoms. The molecule has 0 saturated carbocycles. The standard InChI is InChI=1S/C53H51BN2Si/c1-35(2)36-26-31-42-45(32-36)55(39-29-27-37(28-30-39)52(3,4)5)46-33-38(53(6,7)8)34-47-50(46)54(42)43-22-17-25-49-51(43)56(47)44-23-15-16-24-48(44)57(49,40-18-11-9-12-19-40)41-20-13-10-14-21-41/h9-35H,1-8H3. The molecule has 10 rings (SSSR count). The van der Waals surface area contributed by atoms with Crippen molar-refractivity contribution in [1.29, 1.82) is 0 Å². The maximum Gasteiger partial charge on any atom is 0.252 e. The number of benzene rings is 7. The zero-order chi connectivity index (χ0) is 39.4. The molecule has 3 aliphatic rings. The van der Waals surface area contributed by atoms with E-state index in [9.17, 15) is 0 Å². The van der Waals surface area contributed by atoms with Crippen LogP contribution in [0.5, 0.6) is 0 Å². The molecule has 0 fully saturated rings. The molecule has 0 aliphatic carbocycles. The molecule has 2 nitrogen and oxygen atoms in total. The first-order valence-corrected chi connectivity index (χ1v) is 22.8. The summed E-state index contributed by atoms with van der Waals surface area (Å²) in [7, 11) is -2.80. The third-order valence-electron chi connectivity index (χ3n) is 13.0. The van der Waals surface area contributed by atoms with E-state index in [4.69, 9.17) is 0 Å². The van der Waals surface area contributed by atoms with Crippen molar-refractivity contribution in [1.82, 2.24) is 0 Å². The van der Waals surface area contributed by atoms with E-state index in [0.29, 0.717) is 5.92 Å². The Morgan fingerprint density at radius 2 is 1.05 bits per heavy atom. The van der Waals surface area contributed by atoms with Gasteiger partial charge in [0.1, 0.15) is 0 Å². The number of rotatable bonds is 4. The number of fused-ring (bicyclic) bond motifs is 6. The third-order valence-corrected chi connectivity index (χ3v) is 17.8. The predicted molar refractivity (Wildman–Crippen MR) is 249 cm³/mol. The molecule has 3 heterocycles. The topological polar surface area (TPSA) is 6.48 Å². The summed E-state index contributed by atoms with van der Waals surface area (Å²) < 4.78 is 0. The molecule has 0 spiro atoms. The predicted octanol–water partition coefficient (Wildman–Crippen LogP) is 9.18. The molecule has 0 unspecified atom stereocenters. The van der Waals surface area contributed by atoms with Crippen molar-refractivity contribution in [3.05, 3.63) is 174 Å². The molecule has 0 aromatic heterocycles. The van der Waals surface area contributed by atoms with Gasteiger partial charge in [0.05, 0.1) is 0 Å². The highest BCUT2D eigenvalue weighted by atomic mass is 28.3. The minimum absolute atomic E-state index is 0.0695. The van der Waals surface area contributed by atoms with Gasteiger partial charge in [-0.1, -0.05) is 177 Å². The van der Waals surface area contributed by atoms with Crippen molar-refractivity contribution in [2.45, 2.75) is 72.1 Å². The summed E-state index contributed by atoms with van der Waals surface area (Å²) in [5.74, 6) is 0.407. The van der Waals surface area contributed by atoms with E-state index in [1.807, 2.05) is 0 Å². The van der Waals surface area contributed by atoms with Crippen LogP contribution in [0.25, 0.3) is 0 Å². The van der Waals surface area contributed by atoms with Crippen LogP contribution in [0.2, 0.25) is 0 Å². The Balaban J connectivity index is 1.35. The van der Waals surface area contributed by atoms with Gasteiger partial charge in [-0.05, 0) is 107 Å². The Hall–Kier alpha value is -5.58. The van der Waals surface area contributed by atoms with Gasteiger partial charge >= 0.3 is 0 Å². The van der Waals surface area contributed by atoms with Gasteiger partial charge < -0.3 is 9.80 Å². The minimum atomic E-state index is -2.80. The highest BCUT2D eigenvalue weighted by Gasteiger charge is 2.53. The molecular weight excluding hydrogens is 703 g/mol. The molecule has 57 heavy (non-hydrogen) atoms. The number of hydrogen-bond donors (Lipinski definition) is 0.